The van der Waals surface area contributed by atoms with Crippen LogP contribution in [0.3, 0.4) is 0 Å². The van der Waals surface area contributed by atoms with Crippen LogP contribution in [0.5, 0.6) is 0 Å². The Hall–Kier alpha value is -1.36. The van der Waals surface area contributed by atoms with Crippen molar-refractivity contribution in [3.63, 3.8) is 0 Å². The van der Waals surface area contributed by atoms with Gasteiger partial charge in [0.1, 0.15) is 0 Å². The number of unbranched alkanes of at least 4 members (excludes halogenated alkanes) is 6. The molecule has 0 atom stereocenters. The fraction of sp³-hybridized carbons (Fsp3) is 0.692. The first kappa shape index (κ1) is 19.0. The molecule has 106 valence electrons. The normalized spacial score (nSPS) is 9.00. The van der Waals surface area contributed by atoms with Gasteiger partial charge >= 0.3 is 11.9 Å². The van der Waals surface area contributed by atoms with Gasteiger partial charge in [0.25, 0.3) is 0 Å². The Morgan fingerprint density at radius 3 is 2.00 bits per heavy atom. The molecule has 0 aromatic rings. The summed E-state index contributed by atoms with van der Waals surface area (Å²) < 4.78 is 0. The monoisotopic (exact) mass is 259 g/mol. The van der Waals surface area contributed by atoms with Gasteiger partial charge in [0.05, 0.1) is 0 Å². The molecule has 0 aliphatic carbocycles. The predicted octanol–water partition coefficient (Wildman–Crippen LogP) is 2.80. The quantitative estimate of drug-likeness (QED) is 0.377. The number of carbonyl (C=O) groups excluding carboxylic acids is 1. The van der Waals surface area contributed by atoms with Crippen LogP contribution in [0.1, 0.15) is 58.3 Å². The minimum Gasteiger partial charge on any atom is -0.478 e. The van der Waals surface area contributed by atoms with Crippen molar-refractivity contribution in [2.45, 2.75) is 58.3 Å². The first-order chi connectivity index (χ1) is 8.58. The van der Waals surface area contributed by atoms with E-state index in [4.69, 9.17) is 11.0 Å². The van der Waals surface area contributed by atoms with Crippen LogP contribution in [0.2, 0.25) is 0 Å². The lowest BCUT2D eigenvalue weighted by Crippen LogP contribution is -2.08. The maximum atomic E-state index is 10.6. The van der Waals surface area contributed by atoms with Crippen LogP contribution in [0.15, 0.2) is 12.7 Å². The minimum absolute atomic E-state index is 0.298. The summed E-state index contributed by atoms with van der Waals surface area (Å²) in [4.78, 5) is 23.9. The van der Waals surface area contributed by atoms with E-state index < -0.39 is 5.97 Å². The number of hydrogen-bond donors (Lipinski definition) is 2. The number of nitrogens with two attached hydrogens (primary N) is 1. The van der Waals surface area contributed by atoms with E-state index in [0.29, 0.717) is 6.42 Å². The van der Waals surface area contributed by atoms with Crippen LogP contribution in [0, 0.1) is 0 Å². The summed E-state index contributed by atoms with van der Waals surface area (Å²) >= 11 is 0. The van der Waals surface area contributed by atoms with Crippen LogP contribution in [0.25, 0.3) is 0 Å². The van der Waals surface area contributed by atoms with Crippen LogP contribution < -0.4 is 5.90 Å². The molecule has 0 aliphatic heterocycles. The summed E-state index contributed by atoms with van der Waals surface area (Å²) in [7, 11) is 0. The number of aliphatic carboxylic acids is 1. The van der Waals surface area contributed by atoms with Crippen molar-refractivity contribution in [3.8, 4) is 0 Å². The third-order valence-electron chi connectivity index (χ3n) is 2.29. The van der Waals surface area contributed by atoms with Crippen molar-refractivity contribution < 1.29 is 19.5 Å². The minimum atomic E-state index is -0.981. The zero-order chi connectivity index (χ0) is 14.2. The molecule has 0 fully saturated rings. The highest BCUT2D eigenvalue weighted by atomic mass is 16.7. The summed E-state index contributed by atoms with van der Waals surface area (Å²) in [6.45, 7) is 5.17. The molecule has 5 heteroatoms. The van der Waals surface area contributed by atoms with E-state index in [9.17, 15) is 9.59 Å². The standard InChI is InChI=1S/C10H21NO2.C3H4O2/c1-2-3-4-5-6-7-8-9-10(12)13-11;1-2-3(4)5/h2-9,11H2,1H3;2H,1H2,(H,4,5). The van der Waals surface area contributed by atoms with E-state index in [0.717, 1.165) is 18.9 Å². The van der Waals surface area contributed by atoms with Gasteiger partial charge in [-0.2, -0.15) is 5.90 Å². The lowest BCUT2D eigenvalue weighted by molar-refractivity contribution is -0.144. The van der Waals surface area contributed by atoms with Crippen molar-refractivity contribution in [2.24, 2.45) is 5.90 Å². The second-order valence-corrected chi connectivity index (χ2v) is 3.90. The second kappa shape index (κ2) is 15.6. The summed E-state index contributed by atoms with van der Waals surface area (Å²) in [5.74, 6) is 3.42. The van der Waals surface area contributed by atoms with Crippen molar-refractivity contribution in [3.05, 3.63) is 12.7 Å². The largest absolute Gasteiger partial charge is 0.478 e. The van der Waals surface area contributed by atoms with Gasteiger partial charge in [-0.1, -0.05) is 52.0 Å². The zero-order valence-corrected chi connectivity index (χ0v) is 11.2. The van der Waals surface area contributed by atoms with Crippen LogP contribution >= 0.6 is 0 Å². The summed E-state index contributed by atoms with van der Waals surface area (Å²) in [5, 5.41) is 7.60. The lowest BCUT2D eigenvalue weighted by Gasteiger charge is -1.99. The third kappa shape index (κ3) is 20.1. The maximum absolute atomic E-state index is 10.6. The van der Waals surface area contributed by atoms with Gasteiger partial charge < -0.3 is 9.94 Å². The fourth-order valence-electron chi connectivity index (χ4n) is 1.29. The predicted molar refractivity (Wildman–Crippen MR) is 70.7 cm³/mol. The molecule has 5 nitrogen and oxygen atoms in total. The molecule has 18 heavy (non-hydrogen) atoms. The topological polar surface area (TPSA) is 89.6 Å². The molecule has 0 saturated carbocycles. The van der Waals surface area contributed by atoms with E-state index in [-0.39, 0.29) is 5.97 Å². The van der Waals surface area contributed by atoms with E-state index in [1.165, 1.54) is 32.1 Å². The molecule has 0 saturated heterocycles. The Morgan fingerprint density at radius 1 is 1.17 bits per heavy atom. The van der Waals surface area contributed by atoms with Gasteiger partial charge in [-0.25, -0.2) is 4.79 Å². The molecule has 0 aliphatic rings. The van der Waals surface area contributed by atoms with Crippen molar-refractivity contribution >= 4 is 11.9 Å². The lowest BCUT2D eigenvalue weighted by atomic mass is 10.1. The highest BCUT2D eigenvalue weighted by Crippen LogP contribution is 2.08. The van der Waals surface area contributed by atoms with Crippen molar-refractivity contribution in [1.82, 2.24) is 0 Å². The Morgan fingerprint density at radius 2 is 1.61 bits per heavy atom. The van der Waals surface area contributed by atoms with Crippen molar-refractivity contribution in [2.75, 3.05) is 0 Å². The Balaban J connectivity index is 0. The zero-order valence-electron chi connectivity index (χ0n) is 11.2. The molecule has 0 radical (unpaired) electrons. The first-order valence-electron chi connectivity index (χ1n) is 6.33. The highest BCUT2D eigenvalue weighted by Gasteiger charge is 1.99. The Bertz CT molecular complexity index is 229. The molecule has 0 heterocycles. The third-order valence-corrected chi connectivity index (χ3v) is 2.29. The van der Waals surface area contributed by atoms with Gasteiger partial charge in [0.2, 0.25) is 0 Å². The maximum Gasteiger partial charge on any atom is 0.327 e. The van der Waals surface area contributed by atoms with Gasteiger partial charge in [-0.05, 0) is 6.42 Å². The molecule has 0 aromatic carbocycles. The molecule has 0 aromatic heterocycles. The number of carboxylic acids is 1. The highest BCUT2D eigenvalue weighted by molar-refractivity contribution is 5.78. The van der Waals surface area contributed by atoms with E-state index in [1.54, 1.807) is 0 Å². The number of carboxylic acid groups (broad SMARTS) is 1. The van der Waals surface area contributed by atoms with Crippen LogP contribution in [0.4, 0.5) is 0 Å². The Kier molecular flexibility index (Phi) is 16.5. The van der Waals surface area contributed by atoms with E-state index in [2.05, 4.69) is 18.3 Å². The molecule has 0 rings (SSSR count). The molecular formula is C13H25NO4. The average molecular weight is 259 g/mol. The second-order valence-electron chi connectivity index (χ2n) is 3.90. The molecule has 0 bridgehead atoms. The van der Waals surface area contributed by atoms with Crippen LogP contribution in [-0.2, 0) is 14.4 Å². The van der Waals surface area contributed by atoms with E-state index in [1.807, 2.05) is 0 Å². The molecule has 3 N–H and O–H groups in total. The smallest absolute Gasteiger partial charge is 0.327 e. The fourth-order valence-corrected chi connectivity index (χ4v) is 1.29. The molecule has 0 spiro atoms. The Labute approximate surface area is 109 Å². The molecular weight excluding hydrogens is 234 g/mol. The van der Waals surface area contributed by atoms with Gasteiger partial charge in [0, 0.05) is 12.5 Å². The van der Waals surface area contributed by atoms with Gasteiger partial charge in [0.15, 0.2) is 0 Å². The van der Waals surface area contributed by atoms with Crippen LogP contribution in [-0.4, -0.2) is 17.0 Å². The first-order valence-corrected chi connectivity index (χ1v) is 6.33. The molecule has 0 amide bonds. The summed E-state index contributed by atoms with van der Waals surface area (Å²) in [5.41, 5.74) is 0. The number of rotatable bonds is 9. The number of carbonyl (C=O) groups is 2. The summed E-state index contributed by atoms with van der Waals surface area (Å²) in [6.07, 6.45) is 9.73. The molecule has 0 unspecified atom stereocenters. The van der Waals surface area contributed by atoms with Gasteiger partial charge in [-0.3, -0.25) is 4.79 Å². The number of hydrogen-bond acceptors (Lipinski definition) is 4. The average Bonchev–Trinajstić information content (AvgIpc) is 2.38. The SMILES string of the molecule is C=CC(=O)O.CCCCCCCCCC(=O)ON. The van der Waals surface area contributed by atoms with Crippen molar-refractivity contribution in [1.29, 1.82) is 0 Å². The summed E-state index contributed by atoms with van der Waals surface area (Å²) in [6, 6.07) is 0. The van der Waals surface area contributed by atoms with Gasteiger partial charge in [-0.15, -0.1) is 0 Å². The van der Waals surface area contributed by atoms with E-state index >= 15 is 0 Å².